The molecule has 1 atom stereocenters. The number of hydrogen-bond donors (Lipinski definition) is 2. The first-order chi connectivity index (χ1) is 16.8. The summed E-state index contributed by atoms with van der Waals surface area (Å²) in [6.07, 6.45) is 0.661. The number of aromatic hydroxyl groups is 1. The Morgan fingerprint density at radius 1 is 1.03 bits per heavy atom. The molecule has 0 radical (unpaired) electrons. The highest BCUT2D eigenvalue weighted by atomic mass is 16.5. The molecule has 1 aliphatic heterocycles. The number of carbonyl (C=O) groups excluding carboxylic acids is 2. The number of rotatable bonds is 10. The van der Waals surface area contributed by atoms with Gasteiger partial charge in [0.05, 0.1) is 31.4 Å². The summed E-state index contributed by atoms with van der Waals surface area (Å²) in [7, 11) is 3.03. The maximum absolute atomic E-state index is 13.2. The zero-order chi connectivity index (χ0) is 25.7. The molecule has 0 saturated carbocycles. The van der Waals surface area contributed by atoms with Gasteiger partial charge in [-0.25, -0.2) is 0 Å². The van der Waals surface area contributed by atoms with Crippen molar-refractivity contribution in [3.8, 4) is 17.2 Å². The largest absolute Gasteiger partial charge is 0.507 e. The van der Waals surface area contributed by atoms with E-state index in [-0.39, 0.29) is 16.9 Å². The number of aliphatic hydroxyl groups excluding tert-OH is 1. The lowest BCUT2D eigenvalue weighted by Gasteiger charge is -2.27. The van der Waals surface area contributed by atoms with Gasteiger partial charge in [-0.3, -0.25) is 9.59 Å². The number of methoxy groups -OCH3 is 2. The van der Waals surface area contributed by atoms with Crippen LogP contribution in [0.1, 0.15) is 43.0 Å². The first kappa shape index (κ1) is 26.1. The molecule has 8 nitrogen and oxygen atoms in total. The van der Waals surface area contributed by atoms with Gasteiger partial charge in [-0.1, -0.05) is 31.5 Å². The molecule has 3 rings (SSSR count). The summed E-state index contributed by atoms with van der Waals surface area (Å²) in [6.45, 7) is 8.85. The highest BCUT2D eigenvalue weighted by Gasteiger charge is 2.46. The number of likely N-dealkylation sites (tertiary alicyclic amines) is 1. The Morgan fingerprint density at radius 3 is 2.34 bits per heavy atom. The smallest absolute Gasteiger partial charge is 0.295 e. The van der Waals surface area contributed by atoms with E-state index in [1.165, 1.54) is 25.2 Å². The average molecular weight is 483 g/mol. The molecule has 1 heterocycles. The summed E-state index contributed by atoms with van der Waals surface area (Å²) in [5.74, 6) is -1.10. The highest BCUT2D eigenvalue weighted by Crippen LogP contribution is 2.43. The van der Waals surface area contributed by atoms with Crippen LogP contribution in [0.3, 0.4) is 0 Å². The van der Waals surface area contributed by atoms with E-state index in [0.717, 1.165) is 25.2 Å². The number of phenols is 1. The number of benzene rings is 2. The fraction of sp³-hybridized carbons (Fsp3) is 0.407. The maximum atomic E-state index is 13.2. The van der Waals surface area contributed by atoms with Gasteiger partial charge in [-0.2, -0.15) is 0 Å². The first-order valence-electron chi connectivity index (χ1n) is 11.8. The van der Waals surface area contributed by atoms with Crippen LogP contribution >= 0.6 is 0 Å². The second-order valence-corrected chi connectivity index (χ2v) is 8.51. The molecule has 0 aromatic heterocycles. The predicted octanol–water partition coefficient (Wildman–Crippen LogP) is 3.87. The molecule has 1 fully saturated rings. The second kappa shape index (κ2) is 11.3. The van der Waals surface area contributed by atoms with Gasteiger partial charge >= 0.3 is 0 Å². The van der Waals surface area contributed by atoms with Gasteiger partial charge in [0.2, 0.25) is 0 Å². The van der Waals surface area contributed by atoms with E-state index in [1.807, 2.05) is 6.92 Å². The minimum absolute atomic E-state index is 0.0639. The van der Waals surface area contributed by atoms with Crippen molar-refractivity contribution in [2.24, 2.45) is 0 Å². The van der Waals surface area contributed by atoms with Crippen molar-refractivity contribution in [1.82, 2.24) is 9.80 Å². The predicted molar refractivity (Wildman–Crippen MR) is 134 cm³/mol. The van der Waals surface area contributed by atoms with Crippen molar-refractivity contribution in [2.75, 3.05) is 40.4 Å². The Hall–Kier alpha value is -3.52. The van der Waals surface area contributed by atoms with Crippen LogP contribution in [0.5, 0.6) is 17.2 Å². The van der Waals surface area contributed by atoms with E-state index < -0.39 is 23.5 Å². The number of hydrogen-bond acceptors (Lipinski definition) is 7. The van der Waals surface area contributed by atoms with Crippen molar-refractivity contribution in [1.29, 1.82) is 0 Å². The van der Waals surface area contributed by atoms with Gasteiger partial charge in [-0.15, -0.1) is 0 Å². The molecule has 2 aromatic carbocycles. The lowest BCUT2D eigenvalue weighted by Crippen LogP contribution is -2.33. The topological polar surface area (TPSA) is 99.5 Å². The van der Waals surface area contributed by atoms with Crippen molar-refractivity contribution >= 4 is 17.4 Å². The Bertz CT molecular complexity index is 1120. The summed E-state index contributed by atoms with van der Waals surface area (Å²) < 4.78 is 10.8. The molecule has 1 aliphatic rings. The van der Waals surface area contributed by atoms with Crippen LogP contribution in [-0.4, -0.2) is 72.1 Å². The number of carbonyl (C=O) groups is 2. The number of ketones is 1. The summed E-state index contributed by atoms with van der Waals surface area (Å²) in [6, 6.07) is 9.05. The van der Waals surface area contributed by atoms with Gasteiger partial charge in [0, 0.05) is 6.54 Å². The molecule has 2 N–H and O–H groups in total. The zero-order valence-corrected chi connectivity index (χ0v) is 21.0. The third-order valence-electron chi connectivity index (χ3n) is 6.44. The van der Waals surface area contributed by atoms with Gasteiger partial charge in [0.25, 0.3) is 11.7 Å². The molecular formula is C27H34N2O6. The quantitative estimate of drug-likeness (QED) is 0.301. The second-order valence-electron chi connectivity index (χ2n) is 8.51. The highest BCUT2D eigenvalue weighted by molar-refractivity contribution is 6.46. The van der Waals surface area contributed by atoms with E-state index >= 15 is 0 Å². The fourth-order valence-corrected chi connectivity index (χ4v) is 4.47. The third-order valence-corrected chi connectivity index (χ3v) is 6.44. The SMILES string of the molecule is CCN(CC)CCCN1C(=O)C(=O)/C(=C(/O)c2cc(C)ccc2O)C1c1ccc(OC)c(OC)c1. The number of phenolic OH excluding ortho intramolecular Hbond substituents is 1. The van der Waals surface area contributed by atoms with Crippen LogP contribution in [0.15, 0.2) is 42.0 Å². The molecule has 8 heteroatoms. The van der Waals surface area contributed by atoms with Gasteiger partial charge in [0.1, 0.15) is 11.5 Å². The molecule has 188 valence electrons. The number of Topliss-reactive ketones (excluding diaryl/α,β-unsaturated/α-hetero) is 1. The van der Waals surface area contributed by atoms with Crippen LogP contribution in [0, 0.1) is 6.92 Å². The molecular weight excluding hydrogens is 448 g/mol. The minimum atomic E-state index is -0.841. The molecule has 0 spiro atoms. The summed E-state index contributed by atoms with van der Waals surface area (Å²) in [4.78, 5) is 30.2. The van der Waals surface area contributed by atoms with Crippen LogP contribution in [0.25, 0.3) is 5.76 Å². The molecule has 0 aliphatic carbocycles. The Balaban J connectivity index is 2.13. The van der Waals surface area contributed by atoms with E-state index in [4.69, 9.17) is 9.47 Å². The van der Waals surface area contributed by atoms with Crippen molar-refractivity contribution in [2.45, 2.75) is 33.2 Å². The first-order valence-corrected chi connectivity index (χ1v) is 11.8. The van der Waals surface area contributed by atoms with Crippen molar-refractivity contribution in [3.63, 3.8) is 0 Å². The Morgan fingerprint density at radius 2 is 1.71 bits per heavy atom. The molecule has 2 aromatic rings. The maximum Gasteiger partial charge on any atom is 0.295 e. The molecule has 35 heavy (non-hydrogen) atoms. The van der Waals surface area contributed by atoms with Crippen LogP contribution in [0.4, 0.5) is 0 Å². The zero-order valence-electron chi connectivity index (χ0n) is 21.0. The lowest BCUT2D eigenvalue weighted by molar-refractivity contribution is -0.140. The number of ether oxygens (including phenoxy) is 2. The van der Waals surface area contributed by atoms with Crippen molar-refractivity contribution < 1.29 is 29.3 Å². The number of aryl methyl sites for hydroxylation is 1. The van der Waals surface area contributed by atoms with Crippen LogP contribution < -0.4 is 9.47 Å². The summed E-state index contributed by atoms with van der Waals surface area (Å²) in [5.41, 5.74) is 1.43. The molecule has 1 unspecified atom stereocenters. The summed E-state index contributed by atoms with van der Waals surface area (Å²) in [5, 5.41) is 21.6. The number of nitrogens with zero attached hydrogens (tertiary/aromatic N) is 2. The van der Waals surface area contributed by atoms with Gasteiger partial charge < -0.3 is 29.5 Å². The fourth-order valence-electron chi connectivity index (χ4n) is 4.47. The van der Waals surface area contributed by atoms with E-state index in [2.05, 4.69) is 18.7 Å². The summed E-state index contributed by atoms with van der Waals surface area (Å²) >= 11 is 0. The van der Waals surface area contributed by atoms with E-state index in [1.54, 1.807) is 30.3 Å². The standard InChI is InChI=1S/C27H34N2O6/c1-6-28(7-2)13-8-14-29-24(18-10-12-21(34-4)22(16-18)35-5)23(26(32)27(29)33)25(31)19-15-17(3)9-11-20(19)30/h9-12,15-16,24,30-31H,6-8,13-14H2,1-5H3/b25-23+. The van der Waals surface area contributed by atoms with Crippen molar-refractivity contribution in [3.05, 3.63) is 58.7 Å². The van der Waals surface area contributed by atoms with Crippen LogP contribution in [-0.2, 0) is 9.59 Å². The van der Waals surface area contributed by atoms with Gasteiger partial charge in [-0.05, 0) is 62.8 Å². The average Bonchev–Trinajstić information content (AvgIpc) is 3.12. The van der Waals surface area contributed by atoms with E-state index in [9.17, 15) is 19.8 Å². The third kappa shape index (κ3) is 5.27. The molecule has 1 saturated heterocycles. The Labute approximate surface area is 206 Å². The minimum Gasteiger partial charge on any atom is -0.507 e. The number of amides is 1. The number of aliphatic hydroxyl groups is 1. The molecule has 0 bridgehead atoms. The molecule has 1 amide bonds. The Kier molecular flexibility index (Phi) is 8.40. The normalized spacial score (nSPS) is 17.3. The monoisotopic (exact) mass is 482 g/mol. The van der Waals surface area contributed by atoms with E-state index in [0.29, 0.717) is 30.0 Å². The van der Waals surface area contributed by atoms with Crippen LogP contribution in [0.2, 0.25) is 0 Å². The lowest BCUT2D eigenvalue weighted by atomic mass is 9.94. The van der Waals surface area contributed by atoms with Gasteiger partial charge in [0.15, 0.2) is 11.5 Å².